The standard InChI is InChI=1S/C23H23F2NO2/c1-2-3-15-4-6-16(7-5-15)17-8-10-18(11-9-17)23(27)28-20-13-12-19(14-26)21(24)22(20)25/h4-7,12-13,17-18H,2-3,8-11H2,1H3. The van der Waals surface area contributed by atoms with Gasteiger partial charge in [0.25, 0.3) is 0 Å². The third-order valence-electron chi connectivity index (χ3n) is 5.43. The number of benzene rings is 2. The second-order valence-electron chi connectivity index (χ2n) is 7.31. The van der Waals surface area contributed by atoms with E-state index in [9.17, 15) is 13.6 Å². The third-order valence-corrected chi connectivity index (χ3v) is 5.43. The van der Waals surface area contributed by atoms with Gasteiger partial charge in [0.1, 0.15) is 6.07 Å². The van der Waals surface area contributed by atoms with Crippen molar-refractivity contribution in [2.75, 3.05) is 0 Å². The van der Waals surface area contributed by atoms with Gasteiger partial charge in [-0.05, 0) is 61.3 Å². The fraction of sp³-hybridized carbons (Fsp3) is 0.391. The highest BCUT2D eigenvalue weighted by atomic mass is 19.2. The largest absolute Gasteiger partial charge is 0.423 e. The predicted molar refractivity (Wildman–Crippen MR) is 102 cm³/mol. The average molecular weight is 383 g/mol. The molecular weight excluding hydrogens is 360 g/mol. The van der Waals surface area contributed by atoms with Crippen LogP contribution in [0.15, 0.2) is 36.4 Å². The molecule has 1 aliphatic carbocycles. The lowest BCUT2D eigenvalue weighted by molar-refractivity contribution is -0.140. The van der Waals surface area contributed by atoms with Crippen LogP contribution in [-0.2, 0) is 11.2 Å². The Morgan fingerprint density at radius 3 is 2.36 bits per heavy atom. The Kier molecular flexibility index (Phi) is 6.41. The minimum Gasteiger partial charge on any atom is -0.423 e. The van der Waals surface area contributed by atoms with E-state index in [4.69, 9.17) is 10.00 Å². The van der Waals surface area contributed by atoms with Crippen molar-refractivity contribution in [2.24, 2.45) is 5.92 Å². The Labute approximate surface area is 163 Å². The number of hydrogen-bond donors (Lipinski definition) is 0. The Balaban J connectivity index is 1.58. The van der Waals surface area contributed by atoms with Crippen LogP contribution in [0.4, 0.5) is 8.78 Å². The summed E-state index contributed by atoms with van der Waals surface area (Å²) in [5.74, 6) is -3.51. The summed E-state index contributed by atoms with van der Waals surface area (Å²) < 4.78 is 32.7. The molecule has 3 rings (SSSR count). The van der Waals surface area contributed by atoms with Crippen LogP contribution in [0.25, 0.3) is 0 Å². The molecule has 2 aromatic carbocycles. The summed E-state index contributed by atoms with van der Waals surface area (Å²) in [6.45, 7) is 2.16. The van der Waals surface area contributed by atoms with Gasteiger partial charge in [0.05, 0.1) is 11.5 Å². The smallest absolute Gasteiger partial charge is 0.314 e. The highest BCUT2D eigenvalue weighted by Gasteiger charge is 2.29. The summed E-state index contributed by atoms with van der Waals surface area (Å²) in [5.41, 5.74) is 2.20. The number of carbonyl (C=O) groups is 1. The molecule has 0 saturated heterocycles. The number of hydrogen-bond acceptors (Lipinski definition) is 3. The highest BCUT2D eigenvalue weighted by Crippen LogP contribution is 2.37. The molecule has 3 nitrogen and oxygen atoms in total. The Morgan fingerprint density at radius 2 is 1.75 bits per heavy atom. The zero-order valence-electron chi connectivity index (χ0n) is 15.9. The van der Waals surface area contributed by atoms with Gasteiger partial charge < -0.3 is 4.74 Å². The van der Waals surface area contributed by atoms with E-state index < -0.39 is 28.9 Å². The molecule has 1 saturated carbocycles. The summed E-state index contributed by atoms with van der Waals surface area (Å²) >= 11 is 0. The zero-order chi connectivity index (χ0) is 20.1. The van der Waals surface area contributed by atoms with E-state index in [0.29, 0.717) is 18.8 Å². The first-order chi connectivity index (χ1) is 13.5. The normalized spacial score (nSPS) is 19.1. The van der Waals surface area contributed by atoms with E-state index in [1.807, 2.05) is 0 Å². The summed E-state index contributed by atoms with van der Waals surface area (Å²) in [5, 5.41) is 8.72. The van der Waals surface area contributed by atoms with Crippen LogP contribution in [0.3, 0.4) is 0 Å². The maximum Gasteiger partial charge on any atom is 0.314 e. The van der Waals surface area contributed by atoms with Crippen LogP contribution >= 0.6 is 0 Å². The van der Waals surface area contributed by atoms with Gasteiger partial charge in [-0.2, -0.15) is 9.65 Å². The fourth-order valence-electron chi connectivity index (χ4n) is 3.80. The minimum atomic E-state index is -1.30. The van der Waals surface area contributed by atoms with Crippen LogP contribution in [0.2, 0.25) is 0 Å². The topological polar surface area (TPSA) is 50.1 Å². The molecule has 0 radical (unpaired) electrons. The fourth-order valence-corrected chi connectivity index (χ4v) is 3.80. The molecule has 0 N–H and O–H groups in total. The van der Waals surface area contributed by atoms with Crippen LogP contribution in [0.1, 0.15) is 61.6 Å². The van der Waals surface area contributed by atoms with Crippen LogP contribution in [0.5, 0.6) is 5.75 Å². The lowest BCUT2D eigenvalue weighted by Gasteiger charge is -2.27. The second kappa shape index (κ2) is 8.97. The molecule has 0 unspecified atom stereocenters. The van der Waals surface area contributed by atoms with E-state index in [1.165, 1.54) is 11.1 Å². The average Bonchev–Trinajstić information content (AvgIpc) is 2.72. The Bertz CT molecular complexity index is 879. The van der Waals surface area contributed by atoms with Crippen molar-refractivity contribution in [3.8, 4) is 11.8 Å². The van der Waals surface area contributed by atoms with Gasteiger partial charge in [-0.3, -0.25) is 4.79 Å². The molecule has 0 bridgehead atoms. The molecule has 28 heavy (non-hydrogen) atoms. The van der Waals surface area contributed by atoms with Gasteiger partial charge in [-0.25, -0.2) is 4.39 Å². The van der Waals surface area contributed by atoms with Gasteiger partial charge in [0.2, 0.25) is 5.82 Å². The van der Waals surface area contributed by atoms with Gasteiger partial charge in [0, 0.05) is 0 Å². The lowest BCUT2D eigenvalue weighted by Crippen LogP contribution is -2.25. The first-order valence-electron chi connectivity index (χ1n) is 9.72. The number of rotatable bonds is 5. The van der Waals surface area contributed by atoms with Crippen LogP contribution < -0.4 is 4.74 Å². The number of nitriles is 1. The zero-order valence-corrected chi connectivity index (χ0v) is 15.9. The number of esters is 1. The number of nitrogens with zero attached hydrogens (tertiary/aromatic N) is 1. The van der Waals surface area contributed by atoms with E-state index in [0.717, 1.165) is 37.8 Å². The number of ether oxygens (including phenoxy) is 1. The van der Waals surface area contributed by atoms with E-state index in [1.54, 1.807) is 6.07 Å². The summed E-state index contributed by atoms with van der Waals surface area (Å²) in [4.78, 5) is 12.4. The van der Waals surface area contributed by atoms with Gasteiger partial charge in [-0.15, -0.1) is 0 Å². The molecule has 1 aliphatic rings. The number of halogens is 2. The molecule has 0 amide bonds. The van der Waals surface area contributed by atoms with Crippen molar-refractivity contribution in [1.82, 2.24) is 0 Å². The van der Waals surface area contributed by atoms with Crippen molar-refractivity contribution in [2.45, 2.75) is 51.4 Å². The SMILES string of the molecule is CCCc1ccc(C2CCC(C(=O)Oc3ccc(C#N)c(F)c3F)CC2)cc1. The van der Waals surface area contributed by atoms with Gasteiger partial charge in [-0.1, -0.05) is 37.6 Å². The first kappa shape index (κ1) is 20.0. The maximum atomic E-state index is 13.9. The summed E-state index contributed by atoms with van der Waals surface area (Å²) in [6.07, 6.45) is 5.22. The molecule has 146 valence electrons. The molecule has 1 fully saturated rings. The number of aryl methyl sites for hydroxylation is 1. The van der Waals surface area contributed by atoms with Crippen LogP contribution in [-0.4, -0.2) is 5.97 Å². The van der Waals surface area contributed by atoms with Crippen molar-refractivity contribution in [3.05, 3.63) is 64.7 Å². The molecule has 2 aromatic rings. The molecule has 0 aliphatic heterocycles. The monoisotopic (exact) mass is 383 g/mol. The predicted octanol–water partition coefficient (Wildman–Crippen LogP) is 5.67. The quantitative estimate of drug-likeness (QED) is 0.494. The summed E-state index contributed by atoms with van der Waals surface area (Å²) in [6, 6.07) is 12.5. The molecule has 5 heteroatoms. The van der Waals surface area contributed by atoms with E-state index >= 15 is 0 Å². The minimum absolute atomic E-state index is 0.325. The molecular formula is C23H23F2NO2. The maximum absolute atomic E-state index is 13.9. The first-order valence-corrected chi connectivity index (χ1v) is 9.72. The van der Waals surface area contributed by atoms with Crippen molar-refractivity contribution >= 4 is 5.97 Å². The molecule has 0 aromatic heterocycles. The highest BCUT2D eigenvalue weighted by molar-refractivity contribution is 5.75. The van der Waals surface area contributed by atoms with E-state index in [2.05, 4.69) is 31.2 Å². The Morgan fingerprint density at radius 1 is 1.07 bits per heavy atom. The number of carbonyl (C=O) groups excluding carboxylic acids is 1. The molecule has 0 spiro atoms. The molecule has 0 atom stereocenters. The molecule has 0 heterocycles. The summed E-state index contributed by atoms with van der Waals surface area (Å²) in [7, 11) is 0. The van der Waals surface area contributed by atoms with E-state index in [-0.39, 0.29) is 5.92 Å². The van der Waals surface area contributed by atoms with Crippen molar-refractivity contribution < 1.29 is 18.3 Å². The third kappa shape index (κ3) is 4.39. The van der Waals surface area contributed by atoms with Crippen molar-refractivity contribution in [1.29, 1.82) is 5.26 Å². The Hall–Kier alpha value is -2.74. The second-order valence-corrected chi connectivity index (χ2v) is 7.31. The van der Waals surface area contributed by atoms with Gasteiger partial charge in [0.15, 0.2) is 11.6 Å². The van der Waals surface area contributed by atoms with Crippen LogP contribution in [0, 0.1) is 28.9 Å². The lowest BCUT2D eigenvalue weighted by atomic mass is 9.78. The van der Waals surface area contributed by atoms with Gasteiger partial charge >= 0.3 is 5.97 Å². The van der Waals surface area contributed by atoms with Crippen molar-refractivity contribution in [3.63, 3.8) is 0 Å².